The molecule has 1 saturated heterocycles. The summed E-state index contributed by atoms with van der Waals surface area (Å²) in [5, 5.41) is 10.4. The first kappa shape index (κ1) is 31.3. The van der Waals surface area contributed by atoms with Crippen molar-refractivity contribution in [2.45, 2.75) is 66.5 Å². The van der Waals surface area contributed by atoms with Crippen LogP contribution >= 0.6 is 0 Å². The number of benzene rings is 3. The predicted octanol–water partition coefficient (Wildman–Crippen LogP) is 2.97. The first-order chi connectivity index (χ1) is 19.2. The summed E-state index contributed by atoms with van der Waals surface area (Å²) in [5.41, 5.74) is 2.39. The number of aliphatic hydroxyl groups excluding tert-OH is 1. The summed E-state index contributed by atoms with van der Waals surface area (Å²) in [5.74, 6) is 0. The highest BCUT2D eigenvalue weighted by molar-refractivity contribution is 7.87. The summed E-state index contributed by atoms with van der Waals surface area (Å²) in [6.45, 7) is 4.48. The maximum atomic E-state index is 13.2. The Morgan fingerprint density at radius 1 is 0.659 bits per heavy atom. The normalized spacial score (nSPS) is 22.0. The highest BCUT2D eigenvalue weighted by Crippen LogP contribution is 2.31. The van der Waals surface area contributed by atoms with E-state index in [1.54, 1.807) is 57.2 Å². The molecule has 222 valence electrons. The molecule has 14 heteroatoms. The van der Waals surface area contributed by atoms with Crippen molar-refractivity contribution in [1.29, 1.82) is 0 Å². The Labute approximate surface area is 240 Å². The van der Waals surface area contributed by atoms with E-state index in [2.05, 4.69) is 0 Å². The number of ether oxygens (including phenoxy) is 1. The predicted molar refractivity (Wildman–Crippen MR) is 146 cm³/mol. The minimum absolute atomic E-state index is 0.168. The second-order valence-corrected chi connectivity index (χ2v) is 14.4. The largest absolute Gasteiger partial charge is 0.368 e. The van der Waals surface area contributed by atoms with Crippen molar-refractivity contribution >= 4 is 30.4 Å². The Morgan fingerprint density at radius 3 is 1.49 bits per heavy atom. The van der Waals surface area contributed by atoms with Crippen LogP contribution in [0.25, 0.3) is 0 Å². The molecule has 3 aromatic carbocycles. The molecule has 0 amide bonds. The number of hydrogen-bond donors (Lipinski definition) is 1. The third-order valence-electron chi connectivity index (χ3n) is 6.30. The minimum Gasteiger partial charge on any atom is -0.368 e. The molecule has 1 fully saturated rings. The Morgan fingerprint density at radius 2 is 1.05 bits per heavy atom. The molecule has 0 aliphatic carbocycles. The standard InChI is InChI=1S/C27H30O11S3/c1-18-4-10-21(11-5-18)39(29,30)35-17-25-27(38-41(33,34)23-14-8-20(3)9-15-23)24(16-26(28)36-25)37-40(31,32)22-12-6-19(2)7-13-22/h4-15,24-28H,16-17H2,1-3H3. The Bertz CT molecular complexity index is 1670. The van der Waals surface area contributed by atoms with Crippen LogP contribution < -0.4 is 0 Å². The van der Waals surface area contributed by atoms with Crippen molar-refractivity contribution in [2.24, 2.45) is 0 Å². The monoisotopic (exact) mass is 626 g/mol. The molecular formula is C27H30O11S3. The molecule has 0 radical (unpaired) electrons. The molecule has 0 bridgehead atoms. The first-order valence-corrected chi connectivity index (χ1v) is 16.7. The molecule has 0 aromatic heterocycles. The van der Waals surface area contributed by atoms with Crippen molar-refractivity contribution in [3.05, 3.63) is 89.5 Å². The van der Waals surface area contributed by atoms with E-state index in [1.165, 1.54) is 36.4 Å². The molecule has 4 atom stereocenters. The van der Waals surface area contributed by atoms with Gasteiger partial charge in [0.05, 0.1) is 21.3 Å². The van der Waals surface area contributed by atoms with E-state index in [-0.39, 0.29) is 14.7 Å². The smallest absolute Gasteiger partial charge is 0.297 e. The van der Waals surface area contributed by atoms with Gasteiger partial charge in [0.15, 0.2) is 6.29 Å². The van der Waals surface area contributed by atoms with Gasteiger partial charge in [0.25, 0.3) is 30.4 Å². The maximum absolute atomic E-state index is 13.2. The highest BCUT2D eigenvalue weighted by Gasteiger charge is 2.46. The molecule has 41 heavy (non-hydrogen) atoms. The maximum Gasteiger partial charge on any atom is 0.297 e. The van der Waals surface area contributed by atoms with Gasteiger partial charge in [-0.3, -0.25) is 12.5 Å². The quantitative estimate of drug-likeness (QED) is 0.330. The van der Waals surface area contributed by atoms with Gasteiger partial charge < -0.3 is 9.84 Å². The van der Waals surface area contributed by atoms with E-state index in [0.29, 0.717) is 0 Å². The van der Waals surface area contributed by atoms with Crippen LogP contribution in [-0.2, 0) is 47.6 Å². The molecule has 1 N–H and O–H groups in total. The van der Waals surface area contributed by atoms with Crippen molar-refractivity contribution in [3.63, 3.8) is 0 Å². The summed E-state index contributed by atoms with van der Waals surface area (Å²) in [6, 6.07) is 17.2. The van der Waals surface area contributed by atoms with E-state index < -0.39 is 68.0 Å². The van der Waals surface area contributed by atoms with Crippen molar-refractivity contribution in [2.75, 3.05) is 6.61 Å². The van der Waals surface area contributed by atoms with E-state index in [1.807, 2.05) is 0 Å². The molecule has 0 saturated carbocycles. The fraction of sp³-hybridized carbons (Fsp3) is 0.333. The Kier molecular flexibility index (Phi) is 9.35. The van der Waals surface area contributed by atoms with Crippen LogP contribution in [0.3, 0.4) is 0 Å². The van der Waals surface area contributed by atoms with Gasteiger partial charge >= 0.3 is 0 Å². The fourth-order valence-corrected chi connectivity index (χ4v) is 7.15. The van der Waals surface area contributed by atoms with Crippen LogP contribution in [0.1, 0.15) is 23.1 Å². The second kappa shape index (κ2) is 12.3. The number of rotatable bonds is 10. The van der Waals surface area contributed by atoms with E-state index in [9.17, 15) is 30.4 Å². The zero-order valence-corrected chi connectivity index (χ0v) is 24.9. The van der Waals surface area contributed by atoms with Gasteiger partial charge in [-0.1, -0.05) is 53.1 Å². The van der Waals surface area contributed by atoms with Crippen molar-refractivity contribution < 1.29 is 47.6 Å². The third-order valence-corrected chi connectivity index (χ3v) is 10.3. The second-order valence-electron chi connectivity index (χ2n) is 9.65. The van der Waals surface area contributed by atoms with Crippen molar-refractivity contribution in [1.82, 2.24) is 0 Å². The molecule has 1 aliphatic heterocycles. The zero-order valence-electron chi connectivity index (χ0n) is 22.4. The number of aliphatic hydroxyl groups is 1. The van der Waals surface area contributed by atoms with E-state index >= 15 is 0 Å². The summed E-state index contributed by atoms with van der Waals surface area (Å²) >= 11 is 0. The average Bonchev–Trinajstić information content (AvgIpc) is 2.89. The van der Waals surface area contributed by atoms with Gasteiger partial charge in [0.1, 0.15) is 18.3 Å². The van der Waals surface area contributed by atoms with Gasteiger partial charge in [0.2, 0.25) is 0 Å². The first-order valence-electron chi connectivity index (χ1n) is 12.5. The van der Waals surface area contributed by atoms with Crippen LogP contribution in [-0.4, -0.2) is 61.6 Å². The van der Waals surface area contributed by atoms with Gasteiger partial charge in [-0.25, -0.2) is 0 Å². The lowest BCUT2D eigenvalue weighted by Gasteiger charge is -2.38. The summed E-state index contributed by atoms with van der Waals surface area (Å²) < 4.78 is 99.6. The molecule has 4 unspecified atom stereocenters. The molecular weight excluding hydrogens is 596 g/mol. The lowest BCUT2D eigenvalue weighted by molar-refractivity contribution is -0.226. The highest BCUT2D eigenvalue weighted by atomic mass is 32.2. The zero-order chi connectivity index (χ0) is 30.0. The lowest BCUT2D eigenvalue weighted by Crippen LogP contribution is -2.53. The minimum atomic E-state index is -4.54. The molecule has 0 spiro atoms. The van der Waals surface area contributed by atoms with Gasteiger partial charge in [-0.2, -0.15) is 25.3 Å². The van der Waals surface area contributed by atoms with Gasteiger partial charge in [0, 0.05) is 6.42 Å². The Balaban J connectivity index is 1.66. The van der Waals surface area contributed by atoms with Crippen LogP contribution in [0.15, 0.2) is 87.5 Å². The van der Waals surface area contributed by atoms with Crippen LogP contribution in [0.2, 0.25) is 0 Å². The van der Waals surface area contributed by atoms with Crippen LogP contribution in [0.4, 0.5) is 0 Å². The van der Waals surface area contributed by atoms with E-state index in [0.717, 1.165) is 16.7 Å². The molecule has 4 rings (SSSR count). The lowest BCUT2D eigenvalue weighted by atomic mass is 10.0. The summed E-state index contributed by atoms with van der Waals surface area (Å²) in [4.78, 5) is -0.612. The van der Waals surface area contributed by atoms with Crippen LogP contribution in [0, 0.1) is 20.8 Å². The third kappa shape index (κ3) is 7.78. The SMILES string of the molecule is Cc1ccc(S(=O)(=O)OCC2OC(O)CC(OS(=O)(=O)c3ccc(C)cc3)C2OS(=O)(=O)c2ccc(C)cc2)cc1. The average molecular weight is 627 g/mol. The summed E-state index contributed by atoms with van der Waals surface area (Å²) in [7, 11) is -13.4. The number of aryl methyl sites for hydroxylation is 3. The molecule has 3 aromatic rings. The van der Waals surface area contributed by atoms with Gasteiger partial charge in [-0.05, 0) is 57.2 Å². The molecule has 1 heterocycles. The molecule has 1 aliphatic rings. The number of hydrogen-bond acceptors (Lipinski definition) is 11. The topological polar surface area (TPSA) is 160 Å². The fourth-order valence-electron chi connectivity index (χ4n) is 4.02. The van der Waals surface area contributed by atoms with E-state index in [4.69, 9.17) is 17.3 Å². The van der Waals surface area contributed by atoms with Crippen molar-refractivity contribution in [3.8, 4) is 0 Å². The van der Waals surface area contributed by atoms with Gasteiger partial charge in [-0.15, -0.1) is 0 Å². The Hall–Kier alpha value is -2.69. The summed E-state index contributed by atoms with van der Waals surface area (Å²) in [6.07, 6.45) is -7.04. The molecule has 11 nitrogen and oxygen atoms in total. The van der Waals surface area contributed by atoms with Crippen LogP contribution in [0.5, 0.6) is 0 Å².